The van der Waals surface area contributed by atoms with E-state index in [1.165, 1.54) is 6.42 Å². The van der Waals surface area contributed by atoms with Crippen molar-refractivity contribution in [3.63, 3.8) is 0 Å². The van der Waals surface area contributed by atoms with E-state index in [9.17, 15) is 0 Å². The van der Waals surface area contributed by atoms with Crippen LogP contribution < -0.4 is 11.1 Å². The van der Waals surface area contributed by atoms with Crippen molar-refractivity contribution in [2.45, 2.75) is 37.9 Å². The number of aryl methyl sites for hydroxylation is 1. The van der Waals surface area contributed by atoms with Crippen molar-refractivity contribution < 1.29 is 0 Å². The summed E-state index contributed by atoms with van der Waals surface area (Å²) < 4.78 is 2.04. The second kappa shape index (κ2) is 4.11. The summed E-state index contributed by atoms with van der Waals surface area (Å²) in [6, 6.07) is 0.982. The van der Waals surface area contributed by atoms with Gasteiger partial charge in [-0.15, -0.1) is 0 Å². The summed E-state index contributed by atoms with van der Waals surface area (Å²) in [5, 5.41) is 3.49. The fourth-order valence-corrected chi connectivity index (χ4v) is 2.00. The maximum Gasteiger partial charge on any atom is 0.122 e. The molecule has 0 radical (unpaired) electrons. The van der Waals surface area contributed by atoms with Gasteiger partial charge in [-0.3, -0.25) is 0 Å². The van der Waals surface area contributed by atoms with E-state index in [0.717, 1.165) is 25.2 Å². The molecule has 14 heavy (non-hydrogen) atoms. The SMILES string of the molecule is Cn1ccnc1CNC1CCC(N)C1. The molecule has 3 N–H and O–H groups in total. The maximum absolute atomic E-state index is 5.84. The highest BCUT2D eigenvalue weighted by Gasteiger charge is 2.21. The molecule has 1 aliphatic rings. The van der Waals surface area contributed by atoms with Gasteiger partial charge in [0.05, 0.1) is 6.54 Å². The molecule has 0 aromatic carbocycles. The fraction of sp³-hybridized carbons (Fsp3) is 0.700. The van der Waals surface area contributed by atoms with Crippen LogP contribution in [0.4, 0.5) is 0 Å². The van der Waals surface area contributed by atoms with E-state index in [2.05, 4.69) is 10.3 Å². The Morgan fingerprint density at radius 1 is 1.64 bits per heavy atom. The molecule has 1 aromatic rings. The smallest absolute Gasteiger partial charge is 0.122 e. The lowest BCUT2D eigenvalue weighted by atomic mass is 10.2. The topological polar surface area (TPSA) is 55.9 Å². The Morgan fingerprint density at radius 3 is 3.07 bits per heavy atom. The molecule has 1 aliphatic carbocycles. The van der Waals surface area contributed by atoms with Crippen molar-refractivity contribution in [1.82, 2.24) is 14.9 Å². The van der Waals surface area contributed by atoms with Gasteiger partial charge < -0.3 is 15.6 Å². The Labute approximate surface area is 84.5 Å². The van der Waals surface area contributed by atoms with Gasteiger partial charge in [0, 0.05) is 31.5 Å². The van der Waals surface area contributed by atoms with Crippen LogP contribution >= 0.6 is 0 Å². The van der Waals surface area contributed by atoms with Crippen LogP contribution in [0.1, 0.15) is 25.1 Å². The quantitative estimate of drug-likeness (QED) is 0.732. The van der Waals surface area contributed by atoms with Gasteiger partial charge in [0.1, 0.15) is 5.82 Å². The highest BCUT2D eigenvalue weighted by molar-refractivity contribution is 4.92. The molecule has 0 aliphatic heterocycles. The zero-order chi connectivity index (χ0) is 9.97. The minimum absolute atomic E-state index is 0.397. The summed E-state index contributed by atoms with van der Waals surface area (Å²) >= 11 is 0. The zero-order valence-corrected chi connectivity index (χ0v) is 8.61. The summed E-state index contributed by atoms with van der Waals surface area (Å²) in [6.07, 6.45) is 7.25. The van der Waals surface area contributed by atoms with Crippen LogP contribution in [0.2, 0.25) is 0 Å². The first-order valence-electron chi connectivity index (χ1n) is 5.21. The Balaban J connectivity index is 1.80. The lowest BCUT2D eigenvalue weighted by molar-refractivity contribution is 0.501. The minimum atomic E-state index is 0.397. The standard InChI is InChI=1S/C10H18N4/c1-14-5-4-12-10(14)7-13-9-3-2-8(11)6-9/h4-5,8-9,13H,2-3,6-7,11H2,1H3. The Morgan fingerprint density at radius 2 is 2.50 bits per heavy atom. The molecule has 4 heteroatoms. The first-order valence-corrected chi connectivity index (χ1v) is 5.21. The van der Waals surface area contributed by atoms with Crippen LogP contribution in [0.15, 0.2) is 12.4 Å². The van der Waals surface area contributed by atoms with E-state index in [-0.39, 0.29) is 0 Å². The van der Waals surface area contributed by atoms with Crippen LogP contribution in [0.5, 0.6) is 0 Å². The lowest BCUT2D eigenvalue weighted by Crippen LogP contribution is -2.28. The average molecular weight is 194 g/mol. The van der Waals surface area contributed by atoms with Crippen molar-refractivity contribution >= 4 is 0 Å². The van der Waals surface area contributed by atoms with Crippen LogP contribution in [0.3, 0.4) is 0 Å². The second-order valence-corrected chi connectivity index (χ2v) is 4.11. The molecule has 1 saturated carbocycles. The lowest BCUT2D eigenvalue weighted by Gasteiger charge is -2.11. The predicted molar refractivity (Wildman–Crippen MR) is 55.7 cm³/mol. The van der Waals surface area contributed by atoms with E-state index >= 15 is 0 Å². The van der Waals surface area contributed by atoms with Crippen molar-refractivity contribution in [3.05, 3.63) is 18.2 Å². The normalized spacial score (nSPS) is 27.0. The Hall–Kier alpha value is -0.870. The van der Waals surface area contributed by atoms with E-state index in [1.54, 1.807) is 0 Å². The second-order valence-electron chi connectivity index (χ2n) is 4.11. The summed E-state index contributed by atoms with van der Waals surface area (Å²) in [7, 11) is 2.02. The number of nitrogens with zero attached hydrogens (tertiary/aromatic N) is 2. The number of rotatable bonds is 3. The number of hydrogen-bond donors (Lipinski definition) is 2. The van der Waals surface area contributed by atoms with Crippen molar-refractivity contribution in [2.75, 3.05) is 0 Å². The number of nitrogens with two attached hydrogens (primary N) is 1. The number of nitrogens with one attached hydrogen (secondary N) is 1. The number of aromatic nitrogens is 2. The Bertz CT molecular complexity index is 294. The maximum atomic E-state index is 5.84. The highest BCUT2D eigenvalue weighted by Crippen LogP contribution is 2.17. The van der Waals surface area contributed by atoms with Crippen molar-refractivity contribution in [2.24, 2.45) is 12.8 Å². The first kappa shape index (κ1) is 9.68. The summed E-state index contributed by atoms with van der Waals surface area (Å²) in [5.74, 6) is 1.09. The Kier molecular flexibility index (Phi) is 2.84. The van der Waals surface area contributed by atoms with E-state index in [4.69, 9.17) is 5.73 Å². The van der Waals surface area contributed by atoms with Gasteiger partial charge in [0.15, 0.2) is 0 Å². The third-order valence-electron chi connectivity index (χ3n) is 2.94. The van der Waals surface area contributed by atoms with Gasteiger partial charge in [-0.1, -0.05) is 0 Å². The van der Waals surface area contributed by atoms with Crippen LogP contribution in [0.25, 0.3) is 0 Å². The molecular weight excluding hydrogens is 176 g/mol. The highest BCUT2D eigenvalue weighted by atomic mass is 15.1. The molecule has 1 heterocycles. The van der Waals surface area contributed by atoms with Gasteiger partial charge in [-0.05, 0) is 19.3 Å². The molecule has 4 nitrogen and oxygen atoms in total. The molecule has 0 amide bonds. The van der Waals surface area contributed by atoms with Gasteiger partial charge in [-0.25, -0.2) is 4.98 Å². The van der Waals surface area contributed by atoms with Crippen LogP contribution in [-0.2, 0) is 13.6 Å². The number of hydrogen-bond acceptors (Lipinski definition) is 3. The van der Waals surface area contributed by atoms with E-state index in [0.29, 0.717) is 12.1 Å². The molecule has 2 atom stereocenters. The summed E-state index contributed by atoms with van der Waals surface area (Å²) in [4.78, 5) is 4.26. The third-order valence-corrected chi connectivity index (χ3v) is 2.94. The summed E-state index contributed by atoms with van der Waals surface area (Å²) in [6.45, 7) is 0.848. The molecule has 0 spiro atoms. The largest absolute Gasteiger partial charge is 0.337 e. The summed E-state index contributed by atoms with van der Waals surface area (Å²) in [5.41, 5.74) is 5.84. The molecule has 2 unspecified atom stereocenters. The third kappa shape index (κ3) is 2.13. The van der Waals surface area contributed by atoms with E-state index in [1.807, 2.05) is 24.0 Å². The van der Waals surface area contributed by atoms with Gasteiger partial charge >= 0.3 is 0 Å². The molecule has 2 rings (SSSR count). The van der Waals surface area contributed by atoms with Gasteiger partial charge in [0.2, 0.25) is 0 Å². The monoisotopic (exact) mass is 194 g/mol. The fourth-order valence-electron chi connectivity index (χ4n) is 2.00. The predicted octanol–water partition coefficient (Wildman–Crippen LogP) is 0.389. The molecule has 1 fully saturated rings. The molecular formula is C10H18N4. The van der Waals surface area contributed by atoms with E-state index < -0.39 is 0 Å². The van der Waals surface area contributed by atoms with Crippen molar-refractivity contribution in [1.29, 1.82) is 0 Å². The van der Waals surface area contributed by atoms with Crippen LogP contribution in [0, 0.1) is 0 Å². The molecule has 0 bridgehead atoms. The average Bonchev–Trinajstić information content (AvgIpc) is 2.72. The first-order chi connectivity index (χ1) is 6.75. The molecule has 1 aromatic heterocycles. The van der Waals surface area contributed by atoms with Crippen molar-refractivity contribution in [3.8, 4) is 0 Å². The molecule has 0 saturated heterocycles. The molecule has 78 valence electrons. The minimum Gasteiger partial charge on any atom is -0.337 e. The number of imidazole rings is 1. The van der Waals surface area contributed by atoms with Gasteiger partial charge in [-0.2, -0.15) is 0 Å². The zero-order valence-electron chi connectivity index (χ0n) is 8.61. The van der Waals surface area contributed by atoms with Crippen LogP contribution in [-0.4, -0.2) is 21.6 Å². The van der Waals surface area contributed by atoms with Gasteiger partial charge in [0.25, 0.3) is 0 Å².